The van der Waals surface area contributed by atoms with E-state index < -0.39 is 0 Å². The summed E-state index contributed by atoms with van der Waals surface area (Å²) in [4.78, 5) is 8.97. The summed E-state index contributed by atoms with van der Waals surface area (Å²) in [5.41, 5.74) is 4.08. The van der Waals surface area contributed by atoms with Gasteiger partial charge in [0.05, 0.1) is 12.1 Å². The Kier molecular flexibility index (Phi) is 5.77. The fraction of sp³-hybridized carbons (Fsp3) is 0.364. The highest BCUT2D eigenvalue weighted by Gasteiger charge is 2.11. The molecule has 136 valence electrons. The lowest BCUT2D eigenvalue weighted by atomic mass is 10.00. The molecule has 2 aromatic heterocycles. The van der Waals surface area contributed by atoms with E-state index in [9.17, 15) is 0 Å². The molecule has 3 rings (SSSR count). The van der Waals surface area contributed by atoms with Crippen molar-refractivity contribution in [1.29, 1.82) is 0 Å². The molecule has 0 fully saturated rings. The molecule has 0 aliphatic carbocycles. The molecule has 0 amide bonds. The van der Waals surface area contributed by atoms with Gasteiger partial charge in [0.2, 0.25) is 5.88 Å². The highest BCUT2D eigenvalue weighted by Crippen LogP contribution is 2.30. The van der Waals surface area contributed by atoms with E-state index in [2.05, 4.69) is 36.8 Å². The van der Waals surface area contributed by atoms with Crippen LogP contribution in [0.1, 0.15) is 32.8 Å². The summed E-state index contributed by atoms with van der Waals surface area (Å²) in [6.07, 6.45) is 4.84. The van der Waals surface area contributed by atoms with Crippen molar-refractivity contribution in [3.63, 3.8) is 0 Å². The van der Waals surface area contributed by atoms with Gasteiger partial charge in [-0.15, -0.1) is 0 Å². The van der Waals surface area contributed by atoms with E-state index in [-0.39, 0.29) is 0 Å². The summed E-state index contributed by atoms with van der Waals surface area (Å²) in [6.45, 7) is 9.43. The maximum absolute atomic E-state index is 6.09. The fourth-order valence-electron chi connectivity index (χ4n) is 3.33. The van der Waals surface area contributed by atoms with E-state index in [1.54, 1.807) is 6.20 Å². The third-order valence-corrected chi connectivity index (χ3v) is 4.66. The van der Waals surface area contributed by atoms with Crippen molar-refractivity contribution in [3.05, 3.63) is 53.3 Å². The minimum absolute atomic E-state index is 0.518. The number of benzene rings is 1. The number of hydrogen-bond acceptors (Lipinski definition) is 3. The second kappa shape index (κ2) is 8.05. The Hall–Kier alpha value is -2.13. The molecule has 0 radical (unpaired) electrons. The molecule has 0 aliphatic rings. The number of nitrogens with zero attached hydrogens (tertiary/aromatic N) is 2. The molecule has 4 heteroatoms. The van der Waals surface area contributed by atoms with E-state index >= 15 is 0 Å². The van der Waals surface area contributed by atoms with Gasteiger partial charge in [0.25, 0.3) is 0 Å². The summed E-state index contributed by atoms with van der Waals surface area (Å²) < 4.78 is 5.95. The summed E-state index contributed by atoms with van der Waals surface area (Å²) in [7, 11) is 0. The molecule has 3 nitrogen and oxygen atoms in total. The van der Waals surface area contributed by atoms with E-state index in [0.717, 1.165) is 34.0 Å². The highest BCUT2D eigenvalue weighted by molar-refractivity contribution is 6.31. The number of aryl methyl sites for hydroxylation is 1. The average molecular weight is 369 g/mol. The maximum atomic E-state index is 6.09. The zero-order chi connectivity index (χ0) is 18.7. The van der Waals surface area contributed by atoms with E-state index in [1.165, 1.54) is 0 Å². The van der Waals surface area contributed by atoms with Crippen LogP contribution in [0.2, 0.25) is 5.02 Å². The van der Waals surface area contributed by atoms with E-state index in [4.69, 9.17) is 16.3 Å². The molecule has 0 saturated heterocycles. The maximum Gasteiger partial charge on any atom is 0.216 e. The Balaban J connectivity index is 1.84. The second-order valence-corrected chi connectivity index (χ2v) is 7.85. The second-order valence-electron chi connectivity index (χ2n) is 7.41. The minimum Gasteiger partial charge on any atom is -0.477 e. The van der Waals surface area contributed by atoms with Gasteiger partial charge in [-0.1, -0.05) is 38.4 Å². The number of aromatic nitrogens is 2. The monoisotopic (exact) mass is 368 g/mol. The predicted molar refractivity (Wildman–Crippen MR) is 109 cm³/mol. The molecule has 3 aromatic rings. The van der Waals surface area contributed by atoms with E-state index in [0.29, 0.717) is 29.3 Å². The largest absolute Gasteiger partial charge is 0.477 e. The predicted octanol–water partition coefficient (Wildman–Crippen LogP) is 6.32. The van der Waals surface area contributed by atoms with Gasteiger partial charge in [-0.05, 0) is 55.0 Å². The van der Waals surface area contributed by atoms with Crippen molar-refractivity contribution < 1.29 is 4.74 Å². The first-order chi connectivity index (χ1) is 12.4. The van der Waals surface area contributed by atoms with Crippen LogP contribution in [-0.4, -0.2) is 16.6 Å². The lowest BCUT2D eigenvalue weighted by molar-refractivity contribution is 0.230. The molecule has 26 heavy (non-hydrogen) atoms. The summed E-state index contributed by atoms with van der Waals surface area (Å²) >= 11 is 6.09. The number of rotatable bonds is 6. The summed E-state index contributed by atoms with van der Waals surface area (Å²) in [5.74, 6) is 1.91. The molecule has 1 aromatic carbocycles. The standard InChI is InChI=1S/C22H25ClN2O/c1-14(2)9-15(3)13-26-22-16(4)10-17(12-25-22)19-7-8-24-21-11-18(23)5-6-20(19)21/h5-8,10-12,14-15H,9,13H2,1-4H3/t15-/m0/s1. The van der Waals surface area contributed by atoms with Crippen molar-refractivity contribution in [3.8, 4) is 17.0 Å². The van der Waals surface area contributed by atoms with Crippen molar-refractivity contribution in [2.45, 2.75) is 34.1 Å². The van der Waals surface area contributed by atoms with Crippen molar-refractivity contribution in [2.75, 3.05) is 6.61 Å². The molecule has 0 bridgehead atoms. The van der Waals surface area contributed by atoms with Gasteiger partial charge in [0.1, 0.15) is 0 Å². The van der Waals surface area contributed by atoms with Gasteiger partial charge in [0.15, 0.2) is 0 Å². The lowest BCUT2D eigenvalue weighted by Crippen LogP contribution is -2.12. The topological polar surface area (TPSA) is 35.0 Å². The number of pyridine rings is 2. The Bertz CT molecular complexity index is 908. The van der Waals surface area contributed by atoms with Gasteiger partial charge < -0.3 is 4.74 Å². The third kappa shape index (κ3) is 4.34. The van der Waals surface area contributed by atoms with Crippen molar-refractivity contribution in [1.82, 2.24) is 9.97 Å². The fourth-order valence-corrected chi connectivity index (χ4v) is 3.49. The quantitative estimate of drug-likeness (QED) is 0.510. The van der Waals surface area contributed by atoms with Gasteiger partial charge >= 0.3 is 0 Å². The normalized spacial score (nSPS) is 12.5. The van der Waals surface area contributed by atoms with Crippen LogP contribution in [0.4, 0.5) is 0 Å². The lowest BCUT2D eigenvalue weighted by Gasteiger charge is -2.16. The molecular formula is C22H25ClN2O. The average Bonchev–Trinajstić information content (AvgIpc) is 2.59. The van der Waals surface area contributed by atoms with Gasteiger partial charge in [0, 0.05) is 33.9 Å². The Morgan fingerprint density at radius 2 is 1.88 bits per heavy atom. The van der Waals surface area contributed by atoms with Gasteiger partial charge in [-0.3, -0.25) is 4.98 Å². The minimum atomic E-state index is 0.518. The molecule has 0 spiro atoms. The van der Waals surface area contributed by atoms with Crippen LogP contribution in [0.15, 0.2) is 42.7 Å². The Morgan fingerprint density at radius 1 is 1.08 bits per heavy atom. The van der Waals surface area contributed by atoms with Gasteiger partial charge in [-0.25, -0.2) is 4.98 Å². The molecule has 1 atom stereocenters. The van der Waals surface area contributed by atoms with Crippen LogP contribution in [0.3, 0.4) is 0 Å². The molecule has 0 saturated carbocycles. The van der Waals surface area contributed by atoms with Crippen LogP contribution in [0.5, 0.6) is 5.88 Å². The number of halogens is 1. The van der Waals surface area contributed by atoms with Crippen molar-refractivity contribution in [2.24, 2.45) is 11.8 Å². The summed E-state index contributed by atoms with van der Waals surface area (Å²) in [5, 5.41) is 1.76. The van der Waals surface area contributed by atoms with Crippen LogP contribution in [0.25, 0.3) is 22.0 Å². The Labute approximate surface area is 160 Å². The third-order valence-electron chi connectivity index (χ3n) is 4.42. The molecule has 2 heterocycles. The molecule has 0 unspecified atom stereocenters. The summed E-state index contributed by atoms with van der Waals surface area (Å²) in [6, 6.07) is 9.92. The van der Waals surface area contributed by atoms with Crippen molar-refractivity contribution >= 4 is 22.5 Å². The first-order valence-corrected chi connectivity index (χ1v) is 9.46. The molecule has 0 aliphatic heterocycles. The number of fused-ring (bicyclic) bond motifs is 1. The molecular weight excluding hydrogens is 344 g/mol. The number of ether oxygens (including phenoxy) is 1. The first-order valence-electron chi connectivity index (χ1n) is 9.08. The van der Waals surface area contributed by atoms with E-state index in [1.807, 2.05) is 37.4 Å². The van der Waals surface area contributed by atoms with Crippen LogP contribution >= 0.6 is 11.6 Å². The SMILES string of the molecule is Cc1cc(-c2ccnc3cc(Cl)ccc23)cnc1OC[C@@H](C)CC(C)C. The van der Waals surface area contributed by atoms with Crippen LogP contribution in [0, 0.1) is 18.8 Å². The zero-order valence-corrected chi connectivity index (χ0v) is 16.5. The smallest absolute Gasteiger partial charge is 0.216 e. The van der Waals surface area contributed by atoms with Gasteiger partial charge in [-0.2, -0.15) is 0 Å². The zero-order valence-electron chi connectivity index (χ0n) is 15.8. The molecule has 0 N–H and O–H groups in total. The van der Waals surface area contributed by atoms with Crippen LogP contribution in [-0.2, 0) is 0 Å². The Morgan fingerprint density at radius 3 is 2.62 bits per heavy atom. The first kappa shape index (κ1) is 18.7. The van der Waals surface area contributed by atoms with Crippen LogP contribution < -0.4 is 4.74 Å². The highest BCUT2D eigenvalue weighted by atomic mass is 35.5. The number of hydrogen-bond donors (Lipinski definition) is 0.